The van der Waals surface area contributed by atoms with Crippen LogP contribution in [0, 0.1) is 0 Å². The van der Waals surface area contributed by atoms with Crippen LogP contribution in [-0.4, -0.2) is 41.1 Å². The van der Waals surface area contributed by atoms with Gasteiger partial charge in [-0.25, -0.2) is 0 Å². The zero-order chi connectivity index (χ0) is 19.0. The smallest absolute Gasteiger partial charge is 0.257 e. The van der Waals surface area contributed by atoms with E-state index in [-0.39, 0.29) is 11.7 Å². The molecular weight excluding hydrogens is 408 g/mol. The lowest BCUT2D eigenvalue weighted by atomic mass is 9.89. The third-order valence-corrected chi connectivity index (χ3v) is 5.83. The highest BCUT2D eigenvalue weighted by atomic mass is 79.9. The number of methoxy groups -OCH3 is 1. The van der Waals surface area contributed by atoms with Crippen molar-refractivity contribution in [2.75, 3.05) is 20.2 Å². The van der Waals surface area contributed by atoms with E-state index in [0.29, 0.717) is 24.6 Å². The molecule has 1 aliphatic heterocycles. The van der Waals surface area contributed by atoms with Gasteiger partial charge in [0.1, 0.15) is 11.5 Å². The first-order chi connectivity index (χ1) is 13.1. The minimum Gasteiger partial charge on any atom is -0.507 e. The molecule has 0 atom stereocenters. The van der Waals surface area contributed by atoms with E-state index in [1.54, 1.807) is 25.3 Å². The molecule has 6 heteroatoms. The Balaban J connectivity index is 1.50. The van der Waals surface area contributed by atoms with E-state index in [4.69, 9.17) is 4.74 Å². The molecule has 0 bridgehead atoms. The van der Waals surface area contributed by atoms with Crippen LogP contribution in [0.2, 0.25) is 0 Å². The highest BCUT2D eigenvalue weighted by Gasteiger charge is 2.27. The molecule has 1 aliphatic rings. The molecule has 4 rings (SSSR count). The quantitative estimate of drug-likeness (QED) is 0.636. The molecule has 2 heterocycles. The summed E-state index contributed by atoms with van der Waals surface area (Å²) in [5.74, 6) is 1.15. The lowest BCUT2D eigenvalue weighted by molar-refractivity contribution is 0.0710. The molecule has 2 N–H and O–H groups in total. The first-order valence-electron chi connectivity index (χ1n) is 8.99. The van der Waals surface area contributed by atoms with Crippen LogP contribution in [0.5, 0.6) is 11.5 Å². The number of hydrogen-bond acceptors (Lipinski definition) is 3. The molecule has 1 saturated heterocycles. The van der Waals surface area contributed by atoms with Crippen molar-refractivity contribution in [3.05, 3.63) is 58.2 Å². The number of phenols is 1. The van der Waals surface area contributed by atoms with E-state index in [1.165, 1.54) is 10.9 Å². The molecule has 2 aromatic carbocycles. The number of aromatic hydroxyl groups is 1. The summed E-state index contributed by atoms with van der Waals surface area (Å²) in [5.41, 5.74) is 2.74. The van der Waals surface area contributed by atoms with Gasteiger partial charge in [-0.2, -0.15) is 0 Å². The number of nitrogens with one attached hydrogen (secondary N) is 1. The number of carbonyl (C=O) groups excluding carboxylic acids is 1. The SMILES string of the molecule is COc1ccc2[nH]cc(C3CCN(C(=O)c4ccc(Br)cc4O)CC3)c2c1. The maximum atomic E-state index is 12.7. The fourth-order valence-corrected chi connectivity index (χ4v) is 4.18. The molecule has 3 aromatic rings. The third kappa shape index (κ3) is 3.41. The number of ether oxygens (including phenoxy) is 1. The number of piperidine rings is 1. The lowest BCUT2D eigenvalue weighted by Crippen LogP contribution is -2.37. The number of aromatic amines is 1. The summed E-state index contributed by atoms with van der Waals surface area (Å²) in [6, 6.07) is 11.1. The van der Waals surface area contributed by atoms with Crippen molar-refractivity contribution >= 4 is 32.7 Å². The Hall–Kier alpha value is -2.47. The molecule has 5 nitrogen and oxygen atoms in total. The number of likely N-dealkylation sites (tertiary alicyclic amines) is 1. The molecule has 0 spiro atoms. The lowest BCUT2D eigenvalue weighted by Gasteiger charge is -2.32. The Morgan fingerprint density at radius 1 is 1.22 bits per heavy atom. The van der Waals surface area contributed by atoms with Crippen LogP contribution in [0.15, 0.2) is 47.1 Å². The first kappa shape index (κ1) is 17.9. The van der Waals surface area contributed by atoms with Crippen molar-refractivity contribution in [3.8, 4) is 11.5 Å². The van der Waals surface area contributed by atoms with Crippen molar-refractivity contribution in [1.29, 1.82) is 0 Å². The second kappa shape index (κ2) is 7.27. The fourth-order valence-electron chi connectivity index (χ4n) is 3.84. The molecule has 0 aliphatic carbocycles. The predicted molar refractivity (Wildman–Crippen MR) is 109 cm³/mol. The van der Waals surface area contributed by atoms with Crippen LogP contribution in [0.4, 0.5) is 0 Å². The Kier molecular flexibility index (Phi) is 4.83. The number of phenolic OH excluding ortho intramolecular Hbond substituents is 1. The van der Waals surface area contributed by atoms with Crippen LogP contribution in [0.25, 0.3) is 10.9 Å². The molecule has 0 radical (unpaired) electrons. The second-order valence-electron chi connectivity index (χ2n) is 6.88. The summed E-state index contributed by atoms with van der Waals surface area (Å²) in [6.07, 6.45) is 3.87. The van der Waals surface area contributed by atoms with Crippen molar-refractivity contribution in [1.82, 2.24) is 9.88 Å². The maximum absolute atomic E-state index is 12.7. The van der Waals surface area contributed by atoms with Crippen LogP contribution < -0.4 is 4.74 Å². The molecule has 0 saturated carbocycles. The molecular formula is C21H21BrN2O3. The summed E-state index contributed by atoms with van der Waals surface area (Å²) in [6.45, 7) is 1.35. The molecule has 0 unspecified atom stereocenters. The Labute approximate surface area is 166 Å². The monoisotopic (exact) mass is 428 g/mol. The van der Waals surface area contributed by atoms with Gasteiger partial charge in [0, 0.05) is 34.7 Å². The Morgan fingerprint density at radius 3 is 2.70 bits per heavy atom. The highest BCUT2D eigenvalue weighted by molar-refractivity contribution is 9.10. The van der Waals surface area contributed by atoms with Crippen LogP contribution >= 0.6 is 15.9 Å². The number of nitrogens with zero attached hydrogens (tertiary/aromatic N) is 1. The van der Waals surface area contributed by atoms with Crippen molar-refractivity contribution in [2.45, 2.75) is 18.8 Å². The Morgan fingerprint density at radius 2 is 2.00 bits per heavy atom. The minimum atomic E-state index is -0.112. The maximum Gasteiger partial charge on any atom is 0.257 e. The van der Waals surface area contributed by atoms with Gasteiger partial charge in [-0.15, -0.1) is 0 Å². The molecule has 1 amide bonds. The van der Waals surface area contributed by atoms with E-state index in [0.717, 1.165) is 28.6 Å². The summed E-state index contributed by atoms with van der Waals surface area (Å²) >= 11 is 3.30. The topological polar surface area (TPSA) is 65.6 Å². The summed E-state index contributed by atoms with van der Waals surface area (Å²) in [4.78, 5) is 17.9. The van der Waals surface area contributed by atoms with Gasteiger partial charge in [-0.1, -0.05) is 15.9 Å². The molecule has 140 valence electrons. The van der Waals surface area contributed by atoms with Gasteiger partial charge >= 0.3 is 0 Å². The number of benzene rings is 2. The van der Waals surface area contributed by atoms with E-state index in [2.05, 4.69) is 33.2 Å². The van der Waals surface area contributed by atoms with E-state index >= 15 is 0 Å². The van der Waals surface area contributed by atoms with Crippen LogP contribution in [0.3, 0.4) is 0 Å². The number of aromatic nitrogens is 1. The Bertz CT molecular complexity index is 990. The molecule has 27 heavy (non-hydrogen) atoms. The van der Waals surface area contributed by atoms with E-state index < -0.39 is 0 Å². The highest BCUT2D eigenvalue weighted by Crippen LogP contribution is 2.35. The second-order valence-corrected chi connectivity index (χ2v) is 7.80. The van der Waals surface area contributed by atoms with Crippen LogP contribution in [-0.2, 0) is 0 Å². The third-order valence-electron chi connectivity index (χ3n) is 5.33. The first-order valence-corrected chi connectivity index (χ1v) is 9.79. The van der Waals surface area contributed by atoms with Gasteiger partial charge < -0.3 is 19.7 Å². The number of fused-ring (bicyclic) bond motifs is 1. The number of hydrogen-bond donors (Lipinski definition) is 2. The fraction of sp³-hybridized carbons (Fsp3) is 0.286. The zero-order valence-electron chi connectivity index (χ0n) is 15.0. The number of rotatable bonds is 3. The van der Waals surface area contributed by atoms with Gasteiger partial charge in [-0.3, -0.25) is 4.79 Å². The van der Waals surface area contributed by atoms with Crippen molar-refractivity contribution < 1.29 is 14.6 Å². The molecule has 1 aromatic heterocycles. The van der Waals surface area contributed by atoms with Gasteiger partial charge in [0.05, 0.1) is 12.7 Å². The summed E-state index contributed by atoms with van der Waals surface area (Å²) in [5, 5.41) is 11.3. The average Bonchev–Trinajstić information content (AvgIpc) is 3.10. The predicted octanol–water partition coefficient (Wildman–Crippen LogP) is 4.66. The zero-order valence-corrected chi connectivity index (χ0v) is 16.6. The summed E-state index contributed by atoms with van der Waals surface area (Å²) in [7, 11) is 1.68. The largest absolute Gasteiger partial charge is 0.507 e. The van der Waals surface area contributed by atoms with Gasteiger partial charge in [0.25, 0.3) is 5.91 Å². The number of carbonyl (C=O) groups is 1. The minimum absolute atomic E-state index is 0.0141. The van der Waals surface area contributed by atoms with Crippen molar-refractivity contribution in [2.24, 2.45) is 0 Å². The molecule has 1 fully saturated rings. The van der Waals surface area contributed by atoms with E-state index in [1.807, 2.05) is 17.0 Å². The number of H-pyrrole nitrogens is 1. The average molecular weight is 429 g/mol. The normalized spacial score (nSPS) is 15.3. The van der Waals surface area contributed by atoms with Crippen molar-refractivity contribution in [3.63, 3.8) is 0 Å². The van der Waals surface area contributed by atoms with Gasteiger partial charge in [-0.05, 0) is 60.7 Å². The van der Waals surface area contributed by atoms with Gasteiger partial charge in [0.15, 0.2) is 0 Å². The van der Waals surface area contributed by atoms with E-state index in [9.17, 15) is 9.90 Å². The van der Waals surface area contributed by atoms with Gasteiger partial charge in [0.2, 0.25) is 0 Å². The number of halogens is 1. The summed E-state index contributed by atoms with van der Waals surface area (Å²) < 4.78 is 6.11. The number of amides is 1. The van der Waals surface area contributed by atoms with Crippen LogP contribution in [0.1, 0.15) is 34.7 Å². The standard InChI is InChI=1S/C21H21BrN2O3/c1-27-15-3-5-19-17(11-15)18(12-23-19)13-6-8-24(9-7-13)21(26)16-4-2-14(22)10-20(16)25/h2-5,10-13,23,25H,6-9H2,1H3.